The second-order valence-corrected chi connectivity index (χ2v) is 10.4. The highest BCUT2D eigenvalue weighted by molar-refractivity contribution is 7.19. The number of anilines is 1. The third-order valence-electron chi connectivity index (χ3n) is 5.43. The van der Waals surface area contributed by atoms with E-state index in [9.17, 15) is 9.90 Å². The molecule has 0 aliphatic heterocycles. The van der Waals surface area contributed by atoms with Crippen LogP contribution in [0, 0.1) is 0 Å². The number of carbonyl (C=O) groups is 1. The summed E-state index contributed by atoms with van der Waals surface area (Å²) in [6.45, 7) is 7.89. The van der Waals surface area contributed by atoms with Crippen LogP contribution < -0.4 is 10.1 Å². The van der Waals surface area contributed by atoms with Gasteiger partial charge in [-0.15, -0.1) is 11.3 Å². The molecule has 0 fully saturated rings. The maximum Gasteiger partial charge on any atom is 0.407 e. The second-order valence-electron chi connectivity index (χ2n) is 9.30. The maximum atomic E-state index is 11.3. The molecule has 10 heteroatoms. The molecule has 0 radical (unpaired) electrons. The van der Waals surface area contributed by atoms with Crippen LogP contribution in [0.2, 0.25) is 0 Å². The largest absolute Gasteiger partial charge is 0.491 e. The highest BCUT2D eigenvalue weighted by Gasteiger charge is 2.25. The summed E-state index contributed by atoms with van der Waals surface area (Å²) in [6.07, 6.45) is 8.79. The number of pyridine rings is 1. The Hall–Kier alpha value is -3.47. The van der Waals surface area contributed by atoms with Crippen molar-refractivity contribution in [3.8, 4) is 5.75 Å². The van der Waals surface area contributed by atoms with Crippen molar-refractivity contribution < 1.29 is 24.1 Å². The summed E-state index contributed by atoms with van der Waals surface area (Å²) < 4.78 is 17.9. The average Bonchev–Trinajstić information content (AvgIpc) is 3.29. The van der Waals surface area contributed by atoms with Crippen LogP contribution in [0.1, 0.15) is 31.3 Å². The Labute approximate surface area is 227 Å². The van der Waals surface area contributed by atoms with Gasteiger partial charge in [0.2, 0.25) is 0 Å². The molecular weight excluding hydrogens is 504 g/mol. The van der Waals surface area contributed by atoms with E-state index >= 15 is 0 Å². The van der Waals surface area contributed by atoms with E-state index in [0.29, 0.717) is 39.6 Å². The Morgan fingerprint density at radius 2 is 1.79 bits per heavy atom. The molecule has 2 N–H and O–H groups in total. The SMILES string of the molecule is CNc1ccc(/C=C/C=C/c2nc3ccc(OCCOCCOCCN(C(=O)O)C(C)(C)C)cc3s2)cn1. The van der Waals surface area contributed by atoms with Crippen LogP contribution in [0.15, 0.2) is 48.7 Å². The number of nitrogens with one attached hydrogen (secondary N) is 1. The number of amides is 1. The number of hydrogen-bond acceptors (Lipinski definition) is 8. The van der Waals surface area contributed by atoms with E-state index in [0.717, 1.165) is 32.4 Å². The first kappa shape index (κ1) is 29.1. The predicted molar refractivity (Wildman–Crippen MR) is 153 cm³/mol. The molecule has 204 valence electrons. The first-order chi connectivity index (χ1) is 18.3. The fourth-order valence-electron chi connectivity index (χ4n) is 3.45. The van der Waals surface area contributed by atoms with Crippen LogP contribution in [0.5, 0.6) is 5.75 Å². The van der Waals surface area contributed by atoms with Gasteiger partial charge in [-0.05, 0) is 62.7 Å². The minimum Gasteiger partial charge on any atom is -0.491 e. The highest BCUT2D eigenvalue weighted by atomic mass is 32.1. The minimum atomic E-state index is -0.948. The third kappa shape index (κ3) is 9.44. The van der Waals surface area contributed by atoms with Crippen molar-refractivity contribution in [1.82, 2.24) is 14.9 Å². The van der Waals surface area contributed by atoms with Gasteiger partial charge < -0.3 is 29.5 Å². The zero-order chi connectivity index (χ0) is 27.4. The van der Waals surface area contributed by atoms with Crippen LogP contribution >= 0.6 is 11.3 Å². The van der Waals surface area contributed by atoms with Crippen molar-refractivity contribution in [2.45, 2.75) is 26.3 Å². The Morgan fingerprint density at radius 1 is 1.05 bits per heavy atom. The Morgan fingerprint density at radius 3 is 2.47 bits per heavy atom. The lowest BCUT2D eigenvalue weighted by atomic mass is 10.1. The molecule has 0 spiro atoms. The molecule has 9 nitrogen and oxygen atoms in total. The van der Waals surface area contributed by atoms with Gasteiger partial charge in [0.15, 0.2) is 0 Å². The van der Waals surface area contributed by atoms with E-state index in [2.05, 4.69) is 15.3 Å². The standard InChI is InChI=1S/C28H36N4O5S/c1-28(2,3)32(27(33)34)13-14-35-15-16-36-17-18-37-22-10-11-23-24(19-22)38-26(31-23)8-6-5-7-21-9-12-25(29-4)30-20-21/h5-12,19-20H,13-18H2,1-4H3,(H,29,30)(H,33,34)/b7-5+,8-6+. The van der Waals surface area contributed by atoms with Crippen LogP contribution in [0.25, 0.3) is 22.4 Å². The lowest BCUT2D eigenvalue weighted by Gasteiger charge is -2.32. The molecule has 1 aromatic carbocycles. The number of ether oxygens (including phenoxy) is 3. The summed E-state index contributed by atoms with van der Waals surface area (Å²) in [4.78, 5) is 21.6. The Balaban J connectivity index is 1.34. The number of thiazole rings is 1. The second kappa shape index (κ2) is 14.5. The zero-order valence-electron chi connectivity index (χ0n) is 22.3. The molecule has 3 aromatic rings. The van der Waals surface area contributed by atoms with Crippen molar-refractivity contribution in [2.24, 2.45) is 0 Å². The number of hydrogen-bond donors (Lipinski definition) is 2. The number of carboxylic acid groups (broad SMARTS) is 1. The molecule has 38 heavy (non-hydrogen) atoms. The molecule has 0 aliphatic rings. The highest BCUT2D eigenvalue weighted by Crippen LogP contribution is 2.27. The summed E-state index contributed by atoms with van der Waals surface area (Å²) in [7, 11) is 1.84. The van der Waals surface area contributed by atoms with Crippen molar-refractivity contribution >= 4 is 45.6 Å². The Bertz CT molecular complexity index is 1220. The van der Waals surface area contributed by atoms with E-state index < -0.39 is 11.6 Å². The summed E-state index contributed by atoms with van der Waals surface area (Å²) >= 11 is 1.60. The third-order valence-corrected chi connectivity index (χ3v) is 6.41. The molecule has 2 heterocycles. The van der Waals surface area contributed by atoms with Crippen LogP contribution in [0.3, 0.4) is 0 Å². The van der Waals surface area contributed by atoms with E-state index in [4.69, 9.17) is 14.2 Å². The number of fused-ring (bicyclic) bond motifs is 1. The topological polar surface area (TPSA) is 106 Å². The fraction of sp³-hybridized carbons (Fsp3) is 0.393. The van der Waals surface area contributed by atoms with Gasteiger partial charge in [0.25, 0.3) is 0 Å². The number of benzene rings is 1. The van der Waals surface area contributed by atoms with Gasteiger partial charge in [-0.1, -0.05) is 18.2 Å². The number of aromatic nitrogens is 2. The molecule has 0 saturated carbocycles. The van der Waals surface area contributed by atoms with E-state index in [1.54, 1.807) is 11.3 Å². The first-order valence-corrected chi connectivity index (χ1v) is 13.3. The van der Waals surface area contributed by atoms with Crippen LogP contribution in [0.4, 0.5) is 10.6 Å². The molecule has 3 rings (SSSR count). The van der Waals surface area contributed by atoms with Gasteiger partial charge in [-0.2, -0.15) is 0 Å². The zero-order valence-corrected chi connectivity index (χ0v) is 23.2. The molecule has 0 unspecified atom stereocenters. The summed E-state index contributed by atoms with van der Waals surface area (Å²) in [5.41, 5.74) is 1.50. The van der Waals surface area contributed by atoms with Gasteiger partial charge in [-0.25, -0.2) is 14.8 Å². The van der Waals surface area contributed by atoms with Gasteiger partial charge >= 0.3 is 6.09 Å². The fourth-order valence-corrected chi connectivity index (χ4v) is 4.36. The van der Waals surface area contributed by atoms with E-state index in [-0.39, 0.29) is 0 Å². The predicted octanol–water partition coefficient (Wildman–Crippen LogP) is 5.65. The van der Waals surface area contributed by atoms with Gasteiger partial charge in [-0.3, -0.25) is 0 Å². The van der Waals surface area contributed by atoms with Crippen LogP contribution in [-0.2, 0) is 9.47 Å². The van der Waals surface area contributed by atoms with Crippen molar-refractivity contribution in [1.29, 1.82) is 0 Å². The molecular formula is C28H36N4O5S. The normalized spacial score (nSPS) is 12.0. The molecule has 0 saturated heterocycles. The summed E-state index contributed by atoms with van der Waals surface area (Å²) in [5.74, 6) is 1.61. The maximum absolute atomic E-state index is 11.3. The van der Waals surface area contributed by atoms with Crippen molar-refractivity contribution in [2.75, 3.05) is 51.9 Å². The lowest BCUT2D eigenvalue weighted by molar-refractivity contribution is 0.0209. The molecule has 1 amide bonds. The minimum absolute atomic E-state index is 0.319. The van der Waals surface area contributed by atoms with Gasteiger partial charge in [0.1, 0.15) is 23.2 Å². The molecule has 0 aliphatic carbocycles. The van der Waals surface area contributed by atoms with Gasteiger partial charge in [0.05, 0.1) is 36.6 Å². The molecule has 2 aromatic heterocycles. The monoisotopic (exact) mass is 540 g/mol. The molecule has 0 bridgehead atoms. The number of rotatable bonds is 14. The van der Waals surface area contributed by atoms with Crippen molar-refractivity contribution in [3.05, 3.63) is 59.3 Å². The van der Waals surface area contributed by atoms with E-state index in [1.165, 1.54) is 4.90 Å². The average molecular weight is 541 g/mol. The van der Waals surface area contributed by atoms with Crippen LogP contribution in [-0.4, -0.2) is 78.2 Å². The number of nitrogens with zero attached hydrogens (tertiary/aromatic N) is 3. The van der Waals surface area contributed by atoms with E-state index in [1.807, 2.05) is 88.7 Å². The lowest BCUT2D eigenvalue weighted by Crippen LogP contribution is -2.46. The quantitative estimate of drug-likeness (QED) is 0.200. The van der Waals surface area contributed by atoms with Crippen molar-refractivity contribution in [3.63, 3.8) is 0 Å². The summed E-state index contributed by atoms with van der Waals surface area (Å²) in [5, 5.41) is 13.2. The smallest absolute Gasteiger partial charge is 0.407 e. The molecule has 0 atom stereocenters. The van der Waals surface area contributed by atoms with Gasteiger partial charge in [0, 0.05) is 25.3 Å². The first-order valence-electron chi connectivity index (χ1n) is 12.4. The number of allylic oxidation sites excluding steroid dienone is 2. The summed E-state index contributed by atoms with van der Waals surface area (Å²) in [6, 6.07) is 9.79. The Kier molecular flexibility index (Phi) is 11.1.